The van der Waals surface area contributed by atoms with Crippen molar-refractivity contribution in [3.05, 3.63) is 71.3 Å². The van der Waals surface area contributed by atoms with Crippen LogP contribution in [0.4, 0.5) is 0 Å². The van der Waals surface area contributed by atoms with Gasteiger partial charge in [-0.25, -0.2) is 0 Å². The van der Waals surface area contributed by atoms with E-state index >= 15 is 0 Å². The van der Waals surface area contributed by atoms with Crippen LogP contribution in [0.15, 0.2) is 54.6 Å². The lowest BCUT2D eigenvalue weighted by Crippen LogP contribution is -1.96. The average molecular weight is 261 g/mol. The monoisotopic (exact) mass is 261 g/mol. The van der Waals surface area contributed by atoms with Crippen molar-refractivity contribution in [3.8, 4) is 11.8 Å². The van der Waals surface area contributed by atoms with Gasteiger partial charge in [-0.2, -0.15) is 5.26 Å². The van der Waals surface area contributed by atoms with Gasteiger partial charge in [-0.1, -0.05) is 36.4 Å². The second kappa shape index (κ2) is 5.22. The van der Waals surface area contributed by atoms with E-state index in [1.54, 1.807) is 13.2 Å². The quantitative estimate of drug-likeness (QED) is 0.767. The molecule has 0 heterocycles. The molecular weight excluding hydrogens is 246 g/mol. The SMILES string of the molecule is COc1ccc2c(c1)/C(=C/C#N)[C@H](c1ccccc1)C2. The highest BCUT2D eigenvalue weighted by molar-refractivity contribution is 5.80. The lowest BCUT2D eigenvalue weighted by atomic mass is 9.92. The molecule has 0 unspecified atom stereocenters. The second-order valence-corrected chi connectivity index (χ2v) is 4.92. The molecule has 0 saturated heterocycles. The predicted octanol–water partition coefficient (Wildman–Crippen LogP) is 3.94. The number of hydrogen-bond donors (Lipinski definition) is 0. The Morgan fingerprint density at radius 2 is 2.00 bits per heavy atom. The van der Waals surface area contributed by atoms with Crippen molar-refractivity contribution in [2.45, 2.75) is 12.3 Å². The average Bonchev–Trinajstić information content (AvgIpc) is 2.86. The first kappa shape index (κ1) is 12.5. The number of fused-ring (bicyclic) bond motifs is 1. The summed E-state index contributed by atoms with van der Waals surface area (Å²) in [5, 5.41) is 9.09. The molecule has 20 heavy (non-hydrogen) atoms. The van der Waals surface area contributed by atoms with Crippen LogP contribution in [0.3, 0.4) is 0 Å². The summed E-state index contributed by atoms with van der Waals surface area (Å²) in [7, 11) is 1.67. The lowest BCUT2D eigenvalue weighted by Gasteiger charge is -2.12. The molecule has 0 saturated carbocycles. The number of nitrogens with zero attached hydrogens (tertiary/aromatic N) is 1. The topological polar surface area (TPSA) is 33.0 Å². The zero-order valence-corrected chi connectivity index (χ0v) is 11.3. The van der Waals surface area contributed by atoms with Crippen LogP contribution in [0.2, 0.25) is 0 Å². The third kappa shape index (κ3) is 2.08. The Morgan fingerprint density at radius 3 is 2.70 bits per heavy atom. The normalized spacial score (nSPS) is 18.6. The standard InChI is InChI=1S/C18H15NO/c1-20-15-8-7-14-11-17(13-5-3-2-4-6-13)16(9-10-19)18(14)12-15/h2-9,12,17H,11H2,1H3/b16-9+/t17-/m0/s1. The van der Waals surface area contributed by atoms with Crippen molar-refractivity contribution in [1.82, 2.24) is 0 Å². The van der Waals surface area contributed by atoms with Gasteiger partial charge in [-0.3, -0.25) is 0 Å². The van der Waals surface area contributed by atoms with E-state index in [-0.39, 0.29) is 5.92 Å². The summed E-state index contributed by atoms with van der Waals surface area (Å²) in [6.45, 7) is 0. The number of rotatable bonds is 2. The maximum Gasteiger partial charge on any atom is 0.119 e. The molecule has 0 amide bonds. The highest BCUT2D eigenvalue weighted by atomic mass is 16.5. The molecule has 2 nitrogen and oxygen atoms in total. The molecular formula is C18H15NO. The van der Waals surface area contributed by atoms with Gasteiger partial charge in [0.15, 0.2) is 0 Å². The molecule has 1 aliphatic carbocycles. The van der Waals surface area contributed by atoms with E-state index in [4.69, 9.17) is 10.00 Å². The van der Waals surface area contributed by atoms with E-state index in [0.29, 0.717) is 0 Å². The van der Waals surface area contributed by atoms with Gasteiger partial charge < -0.3 is 4.74 Å². The molecule has 2 aromatic rings. The molecule has 0 N–H and O–H groups in total. The Balaban J connectivity index is 2.09. The fourth-order valence-corrected chi connectivity index (χ4v) is 2.88. The van der Waals surface area contributed by atoms with E-state index in [2.05, 4.69) is 24.3 Å². The Labute approximate surface area is 118 Å². The number of methoxy groups -OCH3 is 1. The molecule has 0 bridgehead atoms. The molecule has 0 spiro atoms. The maximum absolute atomic E-state index is 9.09. The van der Waals surface area contributed by atoms with Crippen LogP contribution in [0.25, 0.3) is 5.57 Å². The molecule has 2 aromatic carbocycles. The number of ether oxygens (including phenoxy) is 1. The first-order valence-corrected chi connectivity index (χ1v) is 6.65. The van der Waals surface area contributed by atoms with E-state index in [1.165, 1.54) is 11.1 Å². The largest absolute Gasteiger partial charge is 0.497 e. The molecule has 0 aliphatic heterocycles. The summed E-state index contributed by atoms with van der Waals surface area (Å²) in [4.78, 5) is 0. The summed E-state index contributed by atoms with van der Waals surface area (Å²) < 4.78 is 5.30. The maximum atomic E-state index is 9.09. The van der Waals surface area contributed by atoms with Gasteiger partial charge in [-0.05, 0) is 40.8 Å². The second-order valence-electron chi connectivity index (χ2n) is 4.92. The smallest absolute Gasteiger partial charge is 0.119 e. The third-order valence-corrected chi connectivity index (χ3v) is 3.85. The van der Waals surface area contributed by atoms with Gasteiger partial charge >= 0.3 is 0 Å². The molecule has 0 fully saturated rings. The number of hydrogen-bond acceptors (Lipinski definition) is 2. The van der Waals surface area contributed by atoms with Gasteiger partial charge in [0.1, 0.15) is 5.75 Å². The first-order valence-electron chi connectivity index (χ1n) is 6.65. The number of allylic oxidation sites excluding steroid dienone is 2. The van der Waals surface area contributed by atoms with Crippen LogP contribution in [0.1, 0.15) is 22.6 Å². The molecule has 2 heteroatoms. The van der Waals surface area contributed by atoms with Crippen molar-refractivity contribution in [1.29, 1.82) is 5.26 Å². The van der Waals surface area contributed by atoms with E-state index in [9.17, 15) is 0 Å². The minimum Gasteiger partial charge on any atom is -0.497 e. The third-order valence-electron chi connectivity index (χ3n) is 3.85. The molecule has 1 atom stereocenters. The summed E-state index contributed by atoms with van der Waals surface area (Å²) >= 11 is 0. The Hall–Kier alpha value is -2.53. The van der Waals surface area contributed by atoms with Gasteiger partial charge in [0.25, 0.3) is 0 Å². The lowest BCUT2D eigenvalue weighted by molar-refractivity contribution is 0.414. The molecule has 0 aromatic heterocycles. The van der Waals surface area contributed by atoms with Crippen LogP contribution in [0.5, 0.6) is 5.75 Å². The Bertz CT molecular complexity index is 695. The van der Waals surface area contributed by atoms with Gasteiger partial charge in [0, 0.05) is 12.0 Å². The van der Waals surface area contributed by atoms with Gasteiger partial charge in [-0.15, -0.1) is 0 Å². The first-order chi connectivity index (χ1) is 9.83. The highest BCUT2D eigenvalue weighted by Gasteiger charge is 2.28. The van der Waals surface area contributed by atoms with E-state index < -0.39 is 0 Å². The van der Waals surface area contributed by atoms with Crippen LogP contribution >= 0.6 is 0 Å². The molecule has 3 rings (SSSR count). The Kier molecular flexibility index (Phi) is 3.26. The fourth-order valence-electron chi connectivity index (χ4n) is 2.88. The minimum absolute atomic E-state index is 0.262. The van der Waals surface area contributed by atoms with Crippen molar-refractivity contribution < 1.29 is 4.74 Å². The number of nitriles is 1. The molecule has 1 aliphatic rings. The highest BCUT2D eigenvalue weighted by Crippen LogP contribution is 2.44. The van der Waals surface area contributed by atoms with E-state index in [1.807, 2.05) is 30.3 Å². The summed E-state index contributed by atoms with van der Waals surface area (Å²) in [5.74, 6) is 1.10. The zero-order chi connectivity index (χ0) is 13.9. The summed E-state index contributed by atoms with van der Waals surface area (Å²) in [6.07, 6.45) is 2.61. The van der Waals surface area contributed by atoms with Crippen LogP contribution in [0, 0.1) is 11.3 Å². The van der Waals surface area contributed by atoms with Crippen molar-refractivity contribution in [2.75, 3.05) is 7.11 Å². The zero-order valence-electron chi connectivity index (χ0n) is 11.3. The fraction of sp³-hybridized carbons (Fsp3) is 0.167. The van der Waals surface area contributed by atoms with Crippen LogP contribution < -0.4 is 4.74 Å². The van der Waals surface area contributed by atoms with Crippen LogP contribution in [-0.2, 0) is 6.42 Å². The Morgan fingerprint density at radius 1 is 1.20 bits per heavy atom. The van der Waals surface area contributed by atoms with Crippen LogP contribution in [-0.4, -0.2) is 7.11 Å². The predicted molar refractivity (Wildman–Crippen MR) is 79.5 cm³/mol. The van der Waals surface area contributed by atoms with Crippen molar-refractivity contribution >= 4 is 5.57 Å². The summed E-state index contributed by atoms with van der Waals surface area (Å²) in [5.41, 5.74) is 4.76. The van der Waals surface area contributed by atoms with E-state index in [0.717, 1.165) is 23.3 Å². The van der Waals surface area contributed by atoms with Crippen molar-refractivity contribution in [2.24, 2.45) is 0 Å². The molecule has 0 radical (unpaired) electrons. The van der Waals surface area contributed by atoms with Gasteiger partial charge in [0.2, 0.25) is 0 Å². The van der Waals surface area contributed by atoms with Gasteiger partial charge in [0.05, 0.1) is 13.2 Å². The van der Waals surface area contributed by atoms with Crippen molar-refractivity contribution in [3.63, 3.8) is 0 Å². The molecule has 98 valence electrons. The minimum atomic E-state index is 0.262. The number of benzene rings is 2. The summed E-state index contributed by atoms with van der Waals surface area (Å²) in [6, 6.07) is 18.6.